The Hall–Kier alpha value is -2.86. The summed E-state index contributed by atoms with van der Waals surface area (Å²) >= 11 is 0. The standard InChI is InChI=1S/C19H15NO2/c20-13-17(15-4-2-1-3-5-15)12-14-6-10-18(11-7-14)22-19(21)16-8-9-16/h1-7,10-12,16H,8-9H2/b17-12-. The molecule has 0 aliphatic heterocycles. The van der Waals surface area contributed by atoms with E-state index in [0.717, 1.165) is 24.0 Å². The molecule has 0 amide bonds. The lowest BCUT2D eigenvalue weighted by atomic mass is 10.0. The Kier molecular flexibility index (Phi) is 4.02. The van der Waals surface area contributed by atoms with Crippen molar-refractivity contribution >= 4 is 17.6 Å². The number of carbonyl (C=O) groups is 1. The van der Waals surface area contributed by atoms with Crippen LogP contribution in [0.1, 0.15) is 24.0 Å². The SMILES string of the molecule is N#C/C(=C/c1ccc(OC(=O)C2CC2)cc1)c1ccccc1. The van der Waals surface area contributed by atoms with Gasteiger partial charge in [-0.2, -0.15) is 5.26 Å². The third-order valence-corrected chi connectivity index (χ3v) is 3.53. The number of nitrogens with zero attached hydrogens (tertiary/aromatic N) is 1. The summed E-state index contributed by atoms with van der Waals surface area (Å²) in [5.74, 6) is 0.486. The maximum atomic E-state index is 11.6. The normalized spacial score (nSPS) is 14.2. The summed E-state index contributed by atoms with van der Waals surface area (Å²) < 4.78 is 5.28. The molecule has 2 aromatic carbocycles. The topological polar surface area (TPSA) is 50.1 Å². The predicted octanol–water partition coefficient (Wildman–Crippen LogP) is 4.07. The highest BCUT2D eigenvalue weighted by Gasteiger charge is 2.31. The van der Waals surface area contributed by atoms with Crippen molar-refractivity contribution in [3.05, 3.63) is 65.7 Å². The van der Waals surface area contributed by atoms with E-state index >= 15 is 0 Å². The van der Waals surface area contributed by atoms with Crippen LogP contribution in [0.2, 0.25) is 0 Å². The fraction of sp³-hybridized carbons (Fsp3) is 0.158. The minimum absolute atomic E-state index is 0.0860. The summed E-state index contributed by atoms with van der Waals surface area (Å²) in [6.07, 6.45) is 3.69. The van der Waals surface area contributed by atoms with Crippen LogP contribution in [0.15, 0.2) is 54.6 Å². The molecule has 1 saturated carbocycles. The van der Waals surface area contributed by atoms with Crippen LogP contribution >= 0.6 is 0 Å². The van der Waals surface area contributed by atoms with E-state index in [4.69, 9.17) is 4.74 Å². The first-order chi connectivity index (χ1) is 10.8. The van der Waals surface area contributed by atoms with Crippen molar-refractivity contribution in [1.82, 2.24) is 0 Å². The first-order valence-electron chi connectivity index (χ1n) is 7.25. The molecule has 0 heterocycles. The van der Waals surface area contributed by atoms with Crippen molar-refractivity contribution in [3.8, 4) is 11.8 Å². The third-order valence-electron chi connectivity index (χ3n) is 3.53. The number of carbonyl (C=O) groups excluding carboxylic acids is 1. The van der Waals surface area contributed by atoms with Gasteiger partial charge in [0, 0.05) is 0 Å². The van der Waals surface area contributed by atoms with Crippen molar-refractivity contribution in [1.29, 1.82) is 5.26 Å². The van der Waals surface area contributed by atoms with Crippen molar-refractivity contribution < 1.29 is 9.53 Å². The molecule has 0 unspecified atom stereocenters. The zero-order valence-electron chi connectivity index (χ0n) is 12.0. The van der Waals surface area contributed by atoms with E-state index in [-0.39, 0.29) is 11.9 Å². The summed E-state index contributed by atoms with van der Waals surface area (Å²) in [6, 6.07) is 18.9. The van der Waals surface area contributed by atoms with Crippen molar-refractivity contribution in [3.63, 3.8) is 0 Å². The van der Waals surface area contributed by atoms with Gasteiger partial charge < -0.3 is 4.74 Å². The van der Waals surface area contributed by atoms with Gasteiger partial charge in [-0.25, -0.2) is 0 Å². The molecule has 108 valence electrons. The lowest BCUT2D eigenvalue weighted by Crippen LogP contribution is -2.09. The number of rotatable bonds is 4. The number of allylic oxidation sites excluding steroid dienone is 1. The average Bonchev–Trinajstić information content (AvgIpc) is 3.40. The van der Waals surface area contributed by atoms with Crippen LogP contribution in [0.4, 0.5) is 0 Å². The van der Waals surface area contributed by atoms with Crippen LogP contribution in [-0.2, 0) is 4.79 Å². The molecule has 3 rings (SSSR count). The smallest absolute Gasteiger partial charge is 0.314 e. The van der Waals surface area contributed by atoms with Crippen molar-refractivity contribution in [2.45, 2.75) is 12.8 Å². The first-order valence-corrected chi connectivity index (χ1v) is 7.25. The van der Waals surface area contributed by atoms with Crippen LogP contribution in [0, 0.1) is 17.2 Å². The number of nitriles is 1. The van der Waals surface area contributed by atoms with Gasteiger partial charge in [-0.15, -0.1) is 0 Å². The first kappa shape index (κ1) is 14.1. The van der Waals surface area contributed by atoms with Gasteiger partial charge in [-0.1, -0.05) is 42.5 Å². The van der Waals surface area contributed by atoms with Gasteiger partial charge in [0.05, 0.1) is 17.6 Å². The maximum absolute atomic E-state index is 11.6. The Bertz CT molecular complexity index is 735. The quantitative estimate of drug-likeness (QED) is 0.369. The van der Waals surface area contributed by atoms with Crippen LogP contribution in [0.25, 0.3) is 11.6 Å². The van der Waals surface area contributed by atoms with Crippen molar-refractivity contribution in [2.24, 2.45) is 5.92 Å². The third kappa shape index (κ3) is 3.42. The van der Waals surface area contributed by atoms with E-state index < -0.39 is 0 Å². The molecule has 0 saturated heterocycles. The fourth-order valence-electron chi connectivity index (χ4n) is 2.12. The predicted molar refractivity (Wildman–Crippen MR) is 84.7 cm³/mol. The minimum atomic E-state index is -0.148. The number of hydrogen-bond acceptors (Lipinski definition) is 3. The van der Waals surface area contributed by atoms with Gasteiger partial charge in [0.15, 0.2) is 0 Å². The molecule has 0 bridgehead atoms. The molecule has 3 heteroatoms. The summed E-state index contributed by atoms with van der Waals surface area (Å²) in [5, 5.41) is 9.29. The molecule has 0 spiro atoms. The van der Waals surface area contributed by atoms with Crippen LogP contribution in [0.3, 0.4) is 0 Å². The monoisotopic (exact) mass is 289 g/mol. The Balaban J connectivity index is 1.76. The second kappa shape index (κ2) is 6.28. The van der Waals surface area contributed by atoms with E-state index in [9.17, 15) is 10.1 Å². The molecule has 0 atom stereocenters. The number of ether oxygens (including phenoxy) is 1. The summed E-state index contributed by atoms with van der Waals surface area (Å²) in [5.41, 5.74) is 2.38. The highest BCUT2D eigenvalue weighted by atomic mass is 16.5. The lowest BCUT2D eigenvalue weighted by molar-refractivity contribution is -0.135. The molecule has 1 aliphatic carbocycles. The Labute approximate surface area is 129 Å². The van der Waals surface area contributed by atoms with Crippen LogP contribution < -0.4 is 4.74 Å². The van der Waals surface area contributed by atoms with E-state index in [1.807, 2.05) is 48.5 Å². The summed E-state index contributed by atoms with van der Waals surface area (Å²) in [6.45, 7) is 0. The molecule has 2 aromatic rings. The number of esters is 1. The van der Waals surface area contributed by atoms with E-state index in [1.165, 1.54) is 0 Å². The second-order valence-electron chi connectivity index (χ2n) is 5.30. The van der Waals surface area contributed by atoms with E-state index in [2.05, 4.69) is 6.07 Å². The van der Waals surface area contributed by atoms with E-state index in [1.54, 1.807) is 12.1 Å². The molecule has 1 aliphatic rings. The van der Waals surface area contributed by atoms with Gasteiger partial charge in [0.1, 0.15) is 5.75 Å². The highest BCUT2D eigenvalue weighted by Crippen LogP contribution is 2.31. The summed E-state index contributed by atoms with van der Waals surface area (Å²) in [4.78, 5) is 11.6. The molecule has 22 heavy (non-hydrogen) atoms. The van der Waals surface area contributed by atoms with Gasteiger partial charge >= 0.3 is 5.97 Å². The number of benzene rings is 2. The van der Waals surface area contributed by atoms with E-state index in [0.29, 0.717) is 11.3 Å². The molecule has 0 radical (unpaired) electrons. The van der Waals surface area contributed by atoms with Crippen LogP contribution in [-0.4, -0.2) is 5.97 Å². The van der Waals surface area contributed by atoms with Crippen LogP contribution in [0.5, 0.6) is 5.75 Å². The second-order valence-corrected chi connectivity index (χ2v) is 5.30. The average molecular weight is 289 g/mol. The van der Waals surface area contributed by atoms with Gasteiger partial charge in [0.2, 0.25) is 0 Å². The Morgan fingerprint density at radius 1 is 1.09 bits per heavy atom. The fourth-order valence-corrected chi connectivity index (χ4v) is 2.12. The minimum Gasteiger partial charge on any atom is -0.426 e. The zero-order chi connectivity index (χ0) is 15.4. The summed E-state index contributed by atoms with van der Waals surface area (Å²) in [7, 11) is 0. The Morgan fingerprint density at radius 2 is 1.77 bits per heavy atom. The lowest BCUT2D eigenvalue weighted by Gasteiger charge is -2.04. The van der Waals surface area contributed by atoms with Gasteiger partial charge in [-0.3, -0.25) is 4.79 Å². The Morgan fingerprint density at radius 3 is 2.36 bits per heavy atom. The molecule has 0 aromatic heterocycles. The molecule has 0 N–H and O–H groups in total. The largest absolute Gasteiger partial charge is 0.426 e. The highest BCUT2D eigenvalue weighted by molar-refractivity contribution is 5.89. The molecular formula is C19H15NO2. The molecular weight excluding hydrogens is 274 g/mol. The van der Waals surface area contributed by atoms with Gasteiger partial charge in [-0.05, 0) is 42.2 Å². The maximum Gasteiger partial charge on any atom is 0.314 e. The molecule has 3 nitrogen and oxygen atoms in total. The molecule has 1 fully saturated rings. The van der Waals surface area contributed by atoms with Gasteiger partial charge in [0.25, 0.3) is 0 Å². The zero-order valence-corrected chi connectivity index (χ0v) is 12.0. The number of hydrogen-bond donors (Lipinski definition) is 0. The van der Waals surface area contributed by atoms with Crippen molar-refractivity contribution in [2.75, 3.05) is 0 Å².